The van der Waals surface area contributed by atoms with E-state index in [4.69, 9.17) is 0 Å². The first-order chi connectivity index (χ1) is 7.31. The molecule has 0 unspecified atom stereocenters. The minimum Gasteiger partial charge on any atom is -0.387 e. The molecule has 2 nitrogen and oxygen atoms in total. The lowest BCUT2D eigenvalue weighted by Crippen LogP contribution is -2.20. The molecule has 82 valence electrons. The van der Waals surface area contributed by atoms with Crippen molar-refractivity contribution < 1.29 is 5.11 Å². The van der Waals surface area contributed by atoms with Crippen LogP contribution in [0, 0.1) is 0 Å². The van der Waals surface area contributed by atoms with Crippen molar-refractivity contribution in [2.45, 2.75) is 32.3 Å². The van der Waals surface area contributed by atoms with Crippen LogP contribution in [0.15, 0.2) is 18.2 Å². The highest BCUT2D eigenvalue weighted by molar-refractivity contribution is 5.36. The molecule has 1 atom stereocenters. The molecule has 0 heterocycles. The van der Waals surface area contributed by atoms with Gasteiger partial charge in [0.2, 0.25) is 0 Å². The maximum Gasteiger partial charge on any atom is 0.0914 e. The number of aliphatic hydroxyl groups excluding tert-OH is 1. The second-order valence-corrected chi connectivity index (χ2v) is 4.21. The Balaban J connectivity index is 2.08. The zero-order valence-corrected chi connectivity index (χ0v) is 9.29. The van der Waals surface area contributed by atoms with Gasteiger partial charge in [-0.15, -0.1) is 0 Å². The monoisotopic (exact) mass is 205 g/mol. The molecule has 0 spiro atoms. The summed E-state index contributed by atoms with van der Waals surface area (Å²) in [7, 11) is 0. The predicted octanol–water partition coefficient (Wildman–Crippen LogP) is 1.82. The molecule has 2 rings (SSSR count). The number of likely N-dealkylation sites (N-methyl/N-ethyl adjacent to an activating group) is 1. The van der Waals surface area contributed by atoms with E-state index in [1.54, 1.807) is 0 Å². The maximum atomic E-state index is 9.92. The van der Waals surface area contributed by atoms with Gasteiger partial charge in [0.25, 0.3) is 0 Å². The molecule has 2 heteroatoms. The van der Waals surface area contributed by atoms with E-state index in [0.717, 1.165) is 12.1 Å². The van der Waals surface area contributed by atoms with E-state index in [1.165, 1.54) is 30.4 Å². The number of fused-ring (bicyclic) bond motifs is 1. The highest BCUT2D eigenvalue weighted by atomic mass is 16.3. The van der Waals surface area contributed by atoms with Gasteiger partial charge in [0.15, 0.2) is 0 Å². The SMILES string of the molecule is CCNC[C@@H](O)c1ccc2c(c1)CCC2. The van der Waals surface area contributed by atoms with Crippen molar-refractivity contribution in [3.8, 4) is 0 Å². The van der Waals surface area contributed by atoms with Gasteiger partial charge in [0.1, 0.15) is 0 Å². The fraction of sp³-hybridized carbons (Fsp3) is 0.538. The normalized spacial score (nSPS) is 16.4. The van der Waals surface area contributed by atoms with Gasteiger partial charge in [-0.05, 0) is 42.5 Å². The van der Waals surface area contributed by atoms with Gasteiger partial charge in [0.05, 0.1) is 6.10 Å². The average molecular weight is 205 g/mol. The first-order valence-electron chi connectivity index (χ1n) is 5.81. The summed E-state index contributed by atoms with van der Waals surface area (Å²) in [6.45, 7) is 3.60. The van der Waals surface area contributed by atoms with Gasteiger partial charge < -0.3 is 10.4 Å². The third kappa shape index (κ3) is 2.39. The van der Waals surface area contributed by atoms with Crippen molar-refractivity contribution in [1.29, 1.82) is 0 Å². The van der Waals surface area contributed by atoms with Crippen molar-refractivity contribution >= 4 is 0 Å². The summed E-state index contributed by atoms with van der Waals surface area (Å²) >= 11 is 0. The standard InChI is InChI=1S/C13H19NO/c1-2-14-9-13(15)12-7-6-10-4-3-5-11(10)8-12/h6-8,13-15H,2-5,9H2,1H3/t13-/m1/s1. The van der Waals surface area contributed by atoms with Gasteiger partial charge in [0, 0.05) is 6.54 Å². The van der Waals surface area contributed by atoms with Crippen LogP contribution in [0.2, 0.25) is 0 Å². The van der Waals surface area contributed by atoms with Crippen LogP contribution >= 0.6 is 0 Å². The first kappa shape index (κ1) is 10.7. The lowest BCUT2D eigenvalue weighted by molar-refractivity contribution is 0.175. The number of aliphatic hydroxyl groups is 1. The number of hydrogen-bond acceptors (Lipinski definition) is 2. The minimum absolute atomic E-state index is 0.365. The molecule has 0 radical (unpaired) electrons. The molecule has 0 aromatic heterocycles. The summed E-state index contributed by atoms with van der Waals surface area (Å²) < 4.78 is 0. The van der Waals surface area contributed by atoms with Gasteiger partial charge in [-0.25, -0.2) is 0 Å². The molecule has 0 saturated carbocycles. The van der Waals surface area contributed by atoms with Crippen LogP contribution in [-0.2, 0) is 12.8 Å². The van der Waals surface area contributed by atoms with E-state index in [2.05, 4.69) is 30.4 Å². The van der Waals surface area contributed by atoms with E-state index < -0.39 is 0 Å². The zero-order valence-electron chi connectivity index (χ0n) is 9.29. The Hall–Kier alpha value is -0.860. The molecular formula is C13H19NO. The lowest BCUT2D eigenvalue weighted by atomic mass is 10.0. The molecule has 0 saturated heterocycles. The zero-order chi connectivity index (χ0) is 10.7. The van der Waals surface area contributed by atoms with E-state index in [9.17, 15) is 5.11 Å². The number of hydrogen-bond donors (Lipinski definition) is 2. The minimum atomic E-state index is -0.365. The summed E-state index contributed by atoms with van der Waals surface area (Å²) in [6.07, 6.45) is 3.29. The van der Waals surface area contributed by atoms with Gasteiger partial charge in [-0.3, -0.25) is 0 Å². The Morgan fingerprint density at radius 1 is 1.33 bits per heavy atom. The summed E-state index contributed by atoms with van der Waals surface area (Å²) in [4.78, 5) is 0. The molecule has 0 fully saturated rings. The van der Waals surface area contributed by atoms with Crippen molar-refractivity contribution in [3.05, 3.63) is 34.9 Å². The Morgan fingerprint density at radius 2 is 2.13 bits per heavy atom. The second-order valence-electron chi connectivity index (χ2n) is 4.21. The van der Waals surface area contributed by atoms with E-state index in [1.807, 2.05) is 0 Å². The molecule has 1 aliphatic carbocycles. The van der Waals surface area contributed by atoms with Gasteiger partial charge >= 0.3 is 0 Å². The Bertz CT molecular complexity index is 335. The average Bonchev–Trinajstić information content (AvgIpc) is 2.72. The Morgan fingerprint density at radius 3 is 2.93 bits per heavy atom. The van der Waals surface area contributed by atoms with Crippen LogP contribution in [0.25, 0.3) is 0 Å². The number of aryl methyl sites for hydroxylation is 2. The van der Waals surface area contributed by atoms with Crippen LogP contribution in [0.3, 0.4) is 0 Å². The van der Waals surface area contributed by atoms with E-state index in [0.29, 0.717) is 6.54 Å². The number of rotatable bonds is 4. The molecule has 0 amide bonds. The molecule has 1 aromatic rings. The van der Waals surface area contributed by atoms with Crippen LogP contribution in [0.4, 0.5) is 0 Å². The summed E-state index contributed by atoms with van der Waals surface area (Å²) in [6, 6.07) is 6.41. The fourth-order valence-corrected chi connectivity index (χ4v) is 2.20. The maximum absolute atomic E-state index is 9.92. The summed E-state index contributed by atoms with van der Waals surface area (Å²) in [5.74, 6) is 0. The van der Waals surface area contributed by atoms with Crippen molar-refractivity contribution in [1.82, 2.24) is 5.32 Å². The summed E-state index contributed by atoms with van der Waals surface area (Å²) in [5.41, 5.74) is 3.95. The third-order valence-corrected chi connectivity index (χ3v) is 3.10. The van der Waals surface area contributed by atoms with E-state index in [-0.39, 0.29) is 6.10 Å². The quantitative estimate of drug-likeness (QED) is 0.786. The van der Waals surface area contributed by atoms with Gasteiger partial charge in [-0.1, -0.05) is 25.1 Å². The Labute approximate surface area is 91.3 Å². The van der Waals surface area contributed by atoms with Crippen molar-refractivity contribution in [2.24, 2.45) is 0 Å². The smallest absolute Gasteiger partial charge is 0.0914 e. The van der Waals surface area contributed by atoms with Crippen LogP contribution < -0.4 is 5.32 Å². The molecule has 0 bridgehead atoms. The topological polar surface area (TPSA) is 32.3 Å². The van der Waals surface area contributed by atoms with Crippen molar-refractivity contribution in [3.63, 3.8) is 0 Å². The fourth-order valence-electron chi connectivity index (χ4n) is 2.20. The molecule has 15 heavy (non-hydrogen) atoms. The first-order valence-corrected chi connectivity index (χ1v) is 5.81. The molecular weight excluding hydrogens is 186 g/mol. The Kier molecular flexibility index (Phi) is 3.39. The van der Waals surface area contributed by atoms with Crippen LogP contribution in [0.1, 0.15) is 36.1 Å². The lowest BCUT2D eigenvalue weighted by Gasteiger charge is -2.12. The largest absolute Gasteiger partial charge is 0.387 e. The second kappa shape index (κ2) is 4.77. The van der Waals surface area contributed by atoms with Crippen LogP contribution in [0.5, 0.6) is 0 Å². The summed E-state index contributed by atoms with van der Waals surface area (Å²) in [5, 5.41) is 13.1. The molecule has 0 aliphatic heterocycles. The predicted molar refractivity (Wildman–Crippen MR) is 62.0 cm³/mol. The van der Waals surface area contributed by atoms with Crippen molar-refractivity contribution in [2.75, 3.05) is 13.1 Å². The molecule has 1 aliphatic rings. The van der Waals surface area contributed by atoms with Crippen LogP contribution in [-0.4, -0.2) is 18.2 Å². The van der Waals surface area contributed by atoms with E-state index >= 15 is 0 Å². The number of benzene rings is 1. The number of nitrogens with one attached hydrogen (secondary N) is 1. The molecule has 1 aromatic carbocycles. The third-order valence-electron chi connectivity index (χ3n) is 3.10. The highest BCUT2D eigenvalue weighted by Gasteiger charge is 2.13. The van der Waals surface area contributed by atoms with Gasteiger partial charge in [-0.2, -0.15) is 0 Å². The highest BCUT2D eigenvalue weighted by Crippen LogP contribution is 2.25. The molecule has 2 N–H and O–H groups in total.